The second-order valence-electron chi connectivity index (χ2n) is 9.11. The lowest BCUT2D eigenvalue weighted by Crippen LogP contribution is -2.41. The Balaban J connectivity index is 1.54. The summed E-state index contributed by atoms with van der Waals surface area (Å²) in [4.78, 5) is 27.7. The van der Waals surface area contributed by atoms with Crippen LogP contribution in [0.3, 0.4) is 0 Å². The monoisotopic (exact) mass is 376 g/mol. The number of nitrogens with one attached hydrogen (secondary N) is 1. The molecule has 0 aromatic heterocycles. The maximum absolute atomic E-state index is 12.9. The highest BCUT2D eigenvalue weighted by Crippen LogP contribution is 2.42. The Morgan fingerprint density at radius 3 is 2.41 bits per heavy atom. The largest absolute Gasteiger partial charge is 0.451 e. The number of hydrogen-bond donors (Lipinski definition) is 1. The molecule has 5 heteroatoms. The van der Waals surface area contributed by atoms with Crippen LogP contribution in [0.1, 0.15) is 72.1 Å². The lowest BCUT2D eigenvalue weighted by Gasteiger charge is -2.35. The predicted molar refractivity (Wildman–Crippen MR) is 106 cm³/mol. The zero-order valence-corrected chi connectivity index (χ0v) is 17.3. The molecule has 1 saturated heterocycles. The van der Waals surface area contributed by atoms with Gasteiger partial charge in [-0.3, -0.25) is 4.79 Å². The summed E-state index contributed by atoms with van der Waals surface area (Å²) in [6.07, 6.45) is 8.16. The molecule has 0 aromatic carbocycles. The minimum absolute atomic E-state index is 0.0966. The highest BCUT2D eigenvalue weighted by molar-refractivity contribution is 6.07. The first-order chi connectivity index (χ1) is 12.9. The van der Waals surface area contributed by atoms with Crippen molar-refractivity contribution >= 4 is 11.9 Å². The van der Waals surface area contributed by atoms with Gasteiger partial charge in [0.2, 0.25) is 0 Å². The van der Waals surface area contributed by atoms with Crippen LogP contribution < -0.4 is 5.32 Å². The maximum Gasteiger partial charge on any atom is 0.335 e. The van der Waals surface area contributed by atoms with E-state index in [1.54, 1.807) is 6.92 Å². The molecule has 5 nitrogen and oxygen atoms in total. The second-order valence-corrected chi connectivity index (χ2v) is 9.11. The Morgan fingerprint density at radius 1 is 1.15 bits per heavy atom. The van der Waals surface area contributed by atoms with Crippen LogP contribution in [0.5, 0.6) is 0 Å². The van der Waals surface area contributed by atoms with Gasteiger partial charge in [0.05, 0.1) is 5.57 Å². The zero-order valence-electron chi connectivity index (χ0n) is 17.3. The molecule has 1 spiro atoms. The minimum atomic E-state index is -0.667. The fourth-order valence-electron chi connectivity index (χ4n) is 5.35. The van der Waals surface area contributed by atoms with E-state index < -0.39 is 5.60 Å². The average Bonchev–Trinajstić information content (AvgIpc) is 2.75. The summed E-state index contributed by atoms with van der Waals surface area (Å²) in [5, 5.41) is 3.07. The molecule has 3 aliphatic rings. The van der Waals surface area contributed by atoms with Crippen LogP contribution in [-0.4, -0.2) is 48.6 Å². The van der Waals surface area contributed by atoms with E-state index in [0.717, 1.165) is 76.4 Å². The number of carbonyl (C=O) groups is 2. The molecule has 0 aromatic rings. The maximum atomic E-state index is 12.9. The number of rotatable bonds is 5. The van der Waals surface area contributed by atoms with Crippen LogP contribution in [0.15, 0.2) is 11.1 Å². The van der Waals surface area contributed by atoms with Gasteiger partial charge in [-0.25, -0.2) is 4.79 Å². The van der Waals surface area contributed by atoms with E-state index in [9.17, 15) is 9.59 Å². The molecule has 2 fully saturated rings. The first-order valence-corrected chi connectivity index (χ1v) is 10.9. The van der Waals surface area contributed by atoms with Crippen molar-refractivity contribution in [3.8, 4) is 0 Å². The molecular weight excluding hydrogens is 340 g/mol. The van der Waals surface area contributed by atoms with Crippen LogP contribution in [0.4, 0.5) is 0 Å². The van der Waals surface area contributed by atoms with Gasteiger partial charge < -0.3 is 15.0 Å². The number of hydrogen-bond acceptors (Lipinski definition) is 4. The van der Waals surface area contributed by atoms with Gasteiger partial charge in [-0.2, -0.15) is 0 Å². The van der Waals surface area contributed by atoms with Crippen molar-refractivity contribution in [1.82, 2.24) is 10.2 Å². The Bertz CT molecular complexity index is 580. The highest BCUT2D eigenvalue weighted by atomic mass is 16.6. The molecule has 2 heterocycles. The molecule has 2 unspecified atom stereocenters. The first-order valence-electron chi connectivity index (χ1n) is 10.9. The number of likely N-dealkylation sites (tertiary alicyclic amines) is 1. The predicted octanol–water partition coefficient (Wildman–Crippen LogP) is 3.44. The molecule has 1 saturated carbocycles. The number of esters is 1. The fraction of sp³-hybridized carbons (Fsp3) is 0.818. The third-order valence-electron chi connectivity index (χ3n) is 6.44. The lowest BCUT2D eigenvalue weighted by atomic mass is 9.84. The molecule has 2 aliphatic heterocycles. The topological polar surface area (TPSA) is 58.6 Å². The normalized spacial score (nSPS) is 28.9. The molecule has 3 rings (SSSR count). The van der Waals surface area contributed by atoms with Crippen molar-refractivity contribution in [2.45, 2.75) is 77.7 Å². The summed E-state index contributed by atoms with van der Waals surface area (Å²) >= 11 is 0. The number of carbonyl (C=O) groups excluding carboxylic acids is 2. The highest BCUT2D eigenvalue weighted by Gasteiger charge is 2.48. The summed E-state index contributed by atoms with van der Waals surface area (Å²) in [7, 11) is 0. The van der Waals surface area contributed by atoms with E-state index in [1.807, 2.05) is 0 Å². The Labute approximate surface area is 163 Å². The van der Waals surface area contributed by atoms with Gasteiger partial charge in [-0.05, 0) is 63.8 Å². The molecule has 2 atom stereocenters. The van der Waals surface area contributed by atoms with E-state index in [1.165, 1.54) is 6.42 Å². The van der Waals surface area contributed by atoms with Crippen LogP contribution in [0.2, 0.25) is 0 Å². The number of piperidine rings is 1. The second kappa shape index (κ2) is 8.76. The summed E-state index contributed by atoms with van der Waals surface area (Å²) in [5.41, 5.74) is 0.446. The van der Waals surface area contributed by atoms with Crippen LogP contribution >= 0.6 is 0 Å². The molecule has 1 N–H and O–H groups in total. The zero-order chi connectivity index (χ0) is 19.4. The van der Waals surface area contributed by atoms with Gasteiger partial charge in [-0.1, -0.05) is 26.7 Å². The van der Waals surface area contributed by atoms with E-state index in [0.29, 0.717) is 17.7 Å². The molecule has 0 bridgehead atoms. The van der Waals surface area contributed by atoms with Crippen LogP contribution in [-0.2, 0) is 14.3 Å². The van der Waals surface area contributed by atoms with E-state index >= 15 is 0 Å². The summed E-state index contributed by atoms with van der Waals surface area (Å²) in [5.74, 6) is 1.11. The van der Waals surface area contributed by atoms with Crippen molar-refractivity contribution in [2.24, 2.45) is 11.8 Å². The third kappa shape index (κ3) is 4.74. The van der Waals surface area contributed by atoms with E-state index in [2.05, 4.69) is 24.1 Å². The quantitative estimate of drug-likeness (QED) is 0.590. The Kier molecular flexibility index (Phi) is 6.61. The minimum Gasteiger partial charge on any atom is -0.451 e. The molecule has 0 radical (unpaired) electrons. The number of ether oxygens (including phenoxy) is 1. The SMILES string of the molecule is CC1=C(C(=O)NCCCN2CC(C)CC(C)C2)C2(CCCCCC2)OC1=O. The van der Waals surface area contributed by atoms with Crippen molar-refractivity contribution in [2.75, 3.05) is 26.2 Å². The molecule has 152 valence electrons. The molecular formula is C22H36N2O3. The summed E-state index contributed by atoms with van der Waals surface area (Å²) < 4.78 is 5.76. The number of nitrogens with zero attached hydrogens (tertiary/aromatic N) is 1. The molecule has 27 heavy (non-hydrogen) atoms. The first kappa shape index (κ1) is 20.4. The van der Waals surface area contributed by atoms with Gasteiger partial charge in [0.1, 0.15) is 5.60 Å². The smallest absolute Gasteiger partial charge is 0.335 e. The summed E-state index contributed by atoms with van der Waals surface area (Å²) in [6, 6.07) is 0. The fourth-order valence-corrected chi connectivity index (χ4v) is 5.35. The standard InChI is InChI=1S/C22H36N2O3/c1-16-13-17(2)15-24(14-16)12-8-11-23-20(25)19-18(3)21(26)27-22(19)9-6-4-5-7-10-22/h16-17H,4-15H2,1-3H3,(H,23,25). The van der Waals surface area contributed by atoms with Gasteiger partial charge in [0, 0.05) is 25.2 Å². The van der Waals surface area contributed by atoms with Crippen molar-refractivity contribution in [3.05, 3.63) is 11.1 Å². The van der Waals surface area contributed by atoms with E-state index in [-0.39, 0.29) is 11.9 Å². The Morgan fingerprint density at radius 2 is 1.78 bits per heavy atom. The van der Waals surface area contributed by atoms with Gasteiger partial charge in [-0.15, -0.1) is 0 Å². The lowest BCUT2D eigenvalue weighted by molar-refractivity contribution is -0.148. The van der Waals surface area contributed by atoms with Gasteiger partial charge in [0.15, 0.2) is 0 Å². The van der Waals surface area contributed by atoms with E-state index in [4.69, 9.17) is 4.74 Å². The Hall–Kier alpha value is -1.36. The van der Waals surface area contributed by atoms with Crippen LogP contribution in [0, 0.1) is 11.8 Å². The van der Waals surface area contributed by atoms with Crippen molar-refractivity contribution in [3.63, 3.8) is 0 Å². The van der Waals surface area contributed by atoms with Gasteiger partial charge in [0.25, 0.3) is 5.91 Å². The third-order valence-corrected chi connectivity index (χ3v) is 6.44. The number of amides is 1. The van der Waals surface area contributed by atoms with Crippen LogP contribution in [0.25, 0.3) is 0 Å². The van der Waals surface area contributed by atoms with Crippen molar-refractivity contribution < 1.29 is 14.3 Å². The summed E-state index contributed by atoms with van der Waals surface area (Å²) in [6.45, 7) is 10.4. The average molecular weight is 377 g/mol. The molecule has 1 aliphatic carbocycles. The molecule has 1 amide bonds. The van der Waals surface area contributed by atoms with Gasteiger partial charge >= 0.3 is 5.97 Å². The van der Waals surface area contributed by atoms with Crippen molar-refractivity contribution in [1.29, 1.82) is 0 Å².